The van der Waals surface area contributed by atoms with Crippen LogP contribution in [0, 0.1) is 0 Å². The van der Waals surface area contributed by atoms with Gasteiger partial charge in [-0.05, 0) is 51.2 Å². The molecule has 170 valence electrons. The molecular formula is C27H45NO2. The fourth-order valence-corrected chi connectivity index (χ4v) is 3.65. The predicted molar refractivity (Wildman–Crippen MR) is 130 cm³/mol. The van der Waals surface area contributed by atoms with Crippen LogP contribution in [0.5, 0.6) is 0 Å². The summed E-state index contributed by atoms with van der Waals surface area (Å²) in [6.07, 6.45) is 22.6. The summed E-state index contributed by atoms with van der Waals surface area (Å²) in [4.78, 5) is 14.0. The molecule has 0 bridgehead atoms. The van der Waals surface area contributed by atoms with Crippen LogP contribution in [0.2, 0.25) is 0 Å². The summed E-state index contributed by atoms with van der Waals surface area (Å²) in [6.45, 7) is 5.26. The van der Waals surface area contributed by atoms with Crippen LogP contribution in [0.25, 0.3) is 0 Å². The van der Waals surface area contributed by atoms with Crippen molar-refractivity contribution in [2.75, 3.05) is 18.1 Å². The maximum absolute atomic E-state index is 12.2. The summed E-state index contributed by atoms with van der Waals surface area (Å²) >= 11 is 0. The minimum Gasteiger partial charge on any atom is -0.449 e. The van der Waals surface area contributed by atoms with Gasteiger partial charge in [-0.25, -0.2) is 4.79 Å². The van der Waals surface area contributed by atoms with E-state index in [9.17, 15) is 4.79 Å². The molecule has 0 spiro atoms. The van der Waals surface area contributed by atoms with Crippen molar-refractivity contribution in [2.24, 2.45) is 0 Å². The van der Waals surface area contributed by atoms with E-state index in [1.54, 1.807) is 4.90 Å². The van der Waals surface area contributed by atoms with Crippen LogP contribution < -0.4 is 4.90 Å². The molecule has 1 aromatic rings. The molecule has 0 saturated carbocycles. The summed E-state index contributed by atoms with van der Waals surface area (Å²) < 4.78 is 5.22. The number of allylic oxidation sites excluding steroid dienone is 2. The van der Waals surface area contributed by atoms with Gasteiger partial charge in [0.2, 0.25) is 0 Å². The Morgan fingerprint density at radius 2 is 1.30 bits per heavy atom. The van der Waals surface area contributed by atoms with E-state index in [4.69, 9.17) is 4.74 Å². The van der Waals surface area contributed by atoms with Gasteiger partial charge in [-0.3, -0.25) is 4.90 Å². The minimum atomic E-state index is -0.239. The molecule has 0 aromatic heterocycles. The van der Waals surface area contributed by atoms with Crippen LogP contribution in [0.15, 0.2) is 42.5 Å². The van der Waals surface area contributed by atoms with Crippen LogP contribution in [0.4, 0.5) is 10.5 Å². The van der Waals surface area contributed by atoms with Crippen LogP contribution in [-0.4, -0.2) is 19.2 Å². The number of carbonyl (C=O) groups is 1. The second kappa shape index (κ2) is 19.2. The SMILES string of the molecule is CCCCCCCC/C=C\CCCCCCCCN(C(=O)OCC)c1ccccc1. The lowest BCUT2D eigenvalue weighted by Crippen LogP contribution is -2.32. The fraction of sp³-hybridized carbons (Fsp3) is 0.667. The number of unbranched alkanes of at least 4 members (excludes halogenated alkanes) is 12. The van der Waals surface area contributed by atoms with Crippen molar-refractivity contribution in [3.8, 4) is 0 Å². The molecular weight excluding hydrogens is 370 g/mol. The Hall–Kier alpha value is -1.77. The maximum atomic E-state index is 12.2. The molecule has 0 radical (unpaired) electrons. The van der Waals surface area contributed by atoms with Gasteiger partial charge in [-0.15, -0.1) is 0 Å². The van der Waals surface area contributed by atoms with E-state index in [1.807, 2.05) is 37.3 Å². The highest BCUT2D eigenvalue weighted by Crippen LogP contribution is 2.17. The topological polar surface area (TPSA) is 29.5 Å². The zero-order valence-corrected chi connectivity index (χ0v) is 19.6. The summed E-state index contributed by atoms with van der Waals surface area (Å²) in [5.41, 5.74) is 0.920. The number of nitrogens with zero attached hydrogens (tertiary/aromatic N) is 1. The van der Waals surface area contributed by atoms with E-state index in [2.05, 4.69) is 19.1 Å². The van der Waals surface area contributed by atoms with Gasteiger partial charge in [0.05, 0.1) is 6.61 Å². The summed E-state index contributed by atoms with van der Waals surface area (Å²) in [5.74, 6) is 0. The lowest BCUT2D eigenvalue weighted by atomic mass is 10.1. The number of ether oxygens (including phenoxy) is 1. The molecule has 1 aromatic carbocycles. The zero-order valence-electron chi connectivity index (χ0n) is 19.6. The molecule has 30 heavy (non-hydrogen) atoms. The number of para-hydroxylation sites is 1. The van der Waals surface area contributed by atoms with E-state index < -0.39 is 0 Å². The average Bonchev–Trinajstić information content (AvgIpc) is 2.76. The molecule has 1 amide bonds. The Labute approximate surface area is 185 Å². The molecule has 1 rings (SSSR count). The van der Waals surface area contributed by atoms with Crippen LogP contribution in [0.1, 0.15) is 104 Å². The molecule has 0 saturated heterocycles. The molecule has 0 unspecified atom stereocenters. The molecule has 0 aliphatic heterocycles. The van der Waals surface area contributed by atoms with E-state index in [1.165, 1.54) is 77.0 Å². The molecule has 3 nitrogen and oxygen atoms in total. The van der Waals surface area contributed by atoms with Crippen molar-refractivity contribution in [2.45, 2.75) is 104 Å². The monoisotopic (exact) mass is 415 g/mol. The highest BCUT2D eigenvalue weighted by molar-refractivity contribution is 5.87. The molecule has 0 atom stereocenters. The van der Waals surface area contributed by atoms with Crippen LogP contribution in [0.3, 0.4) is 0 Å². The summed E-state index contributed by atoms with van der Waals surface area (Å²) in [5, 5.41) is 0. The Morgan fingerprint density at radius 3 is 1.87 bits per heavy atom. The first-order chi connectivity index (χ1) is 14.8. The van der Waals surface area contributed by atoms with Crippen molar-refractivity contribution >= 4 is 11.8 Å². The van der Waals surface area contributed by atoms with Gasteiger partial charge in [-0.1, -0.05) is 95.1 Å². The number of hydrogen-bond donors (Lipinski definition) is 0. The van der Waals surface area contributed by atoms with Crippen molar-refractivity contribution in [1.29, 1.82) is 0 Å². The highest BCUT2D eigenvalue weighted by Gasteiger charge is 2.15. The molecule has 0 fully saturated rings. The third-order valence-corrected chi connectivity index (χ3v) is 5.45. The highest BCUT2D eigenvalue weighted by atomic mass is 16.6. The Morgan fingerprint density at radius 1 is 0.767 bits per heavy atom. The first-order valence-electron chi connectivity index (χ1n) is 12.4. The Bertz CT molecular complexity index is 541. The summed E-state index contributed by atoms with van der Waals surface area (Å²) in [7, 11) is 0. The standard InChI is InChI=1S/C27H45NO2/c1-3-5-6-7-8-9-10-11-12-13-14-15-16-17-18-22-25-28(27(29)30-4-2)26-23-20-19-21-24-26/h11-12,19-21,23-24H,3-10,13-18,22,25H2,1-2H3/b12-11-. The molecule has 3 heteroatoms. The van der Waals surface area contributed by atoms with E-state index >= 15 is 0 Å². The van der Waals surface area contributed by atoms with Gasteiger partial charge >= 0.3 is 6.09 Å². The van der Waals surface area contributed by atoms with Gasteiger partial charge in [0, 0.05) is 12.2 Å². The number of hydrogen-bond acceptors (Lipinski definition) is 2. The van der Waals surface area contributed by atoms with Gasteiger partial charge in [0.25, 0.3) is 0 Å². The molecule has 0 N–H and O–H groups in total. The zero-order chi connectivity index (χ0) is 21.7. The third kappa shape index (κ3) is 13.5. The van der Waals surface area contributed by atoms with E-state index in [-0.39, 0.29) is 6.09 Å². The number of rotatable bonds is 18. The predicted octanol–water partition coefficient (Wildman–Crippen LogP) is 8.69. The van der Waals surface area contributed by atoms with E-state index in [0.717, 1.165) is 25.1 Å². The van der Waals surface area contributed by atoms with Crippen molar-refractivity contribution < 1.29 is 9.53 Å². The van der Waals surface area contributed by atoms with Crippen molar-refractivity contribution in [1.82, 2.24) is 0 Å². The van der Waals surface area contributed by atoms with Crippen molar-refractivity contribution in [3.05, 3.63) is 42.5 Å². The number of carbonyl (C=O) groups excluding carboxylic acids is 1. The first-order valence-corrected chi connectivity index (χ1v) is 12.4. The van der Waals surface area contributed by atoms with Crippen molar-refractivity contribution in [3.63, 3.8) is 0 Å². The first kappa shape index (κ1) is 26.3. The largest absolute Gasteiger partial charge is 0.449 e. The lowest BCUT2D eigenvalue weighted by molar-refractivity contribution is 0.159. The Kier molecular flexibility index (Phi) is 16.8. The second-order valence-corrected chi connectivity index (χ2v) is 8.12. The van der Waals surface area contributed by atoms with Gasteiger partial charge in [0.15, 0.2) is 0 Å². The number of benzene rings is 1. The van der Waals surface area contributed by atoms with Crippen LogP contribution >= 0.6 is 0 Å². The molecule has 0 heterocycles. The Balaban J connectivity index is 2.02. The van der Waals surface area contributed by atoms with Gasteiger partial charge in [0.1, 0.15) is 0 Å². The van der Waals surface area contributed by atoms with E-state index in [0.29, 0.717) is 6.61 Å². The third-order valence-electron chi connectivity index (χ3n) is 5.45. The molecule has 0 aliphatic carbocycles. The average molecular weight is 416 g/mol. The smallest absolute Gasteiger partial charge is 0.414 e. The maximum Gasteiger partial charge on any atom is 0.414 e. The van der Waals surface area contributed by atoms with Crippen LogP contribution in [-0.2, 0) is 4.74 Å². The van der Waals surface area contributed by atoms with Gasteiger partial charge < -0.3 is 4.74 Å². The number of anilines is 1. The second-order valence-electron chi connectivity index (χ2n) is 8.12. The minimum absolute atomic E-state index is 0.239. The quantitative estimate of drug-likeness (QED) is 0.177. The lowest BCUT2D eigenvalue weighted by Gasteiger charge is -2.21. The summed E-state index contributed by atoms with van der Waals surface area (Å²) in [6, 6.07) is 9.83. The fourth-order valence-electron chi connectivity index (χ4n) is 3.65. The molecule has 0 aliphatic rings. The number of amides is 1. The normalized spacial score (nSPS) is 11.1. The van der Waals surface area contributed by atoms with Gasteiger partial charge in [-0.2, -0.15) is 0 Å².